The number of nitrogens with one attached hydrogen (secondary N) is 1. The van der Waals surface area contributed by atoms with Gasteiger partial charge in [-0.05, 0) is 56.5 Å². The third-order valence-electron chi connectivity index (χ3n) is 3.61. The highest BCUT2D eigenvalue weighted by atomic mass is 79.9. The summed E-state index contributed by atoms with van der Waals surface area (Å²) in [4.78, 5) is 26.9. The first-order valence-electron chi connectivity index (χ1n) is 7.73. The van der Waals surface area contributed by atoms with E-state index in [0.29, 0.717) is 17.1 Å². The molecule has 1 amide bonds. The van der Waals surface area contributed by atoms with E-state index in [9.17, 15) is 14.9 Å². The molecule has 3 aromatic rings. The molecule has 0 radical (unpaired) electrons. The molecule has 0 aliphatic heterocycles. The summed E-state index contributed by atoms with van der Waals surface area (Å²) in [6, 6.07) is 9.82. The number of carbonyl (C=O) groups is 1. The van der Waals surface area contributed by atoms with Crippen LogP contribution in [0.4, 0.5) is 11.4 Å². The fraction of sp³-hybridized carbons (Fsp3) is 0.118. The Morgan fingerprint density at radius 3 is 2.63 bits per heavy atom. The summed E-state index contributed by atoms with van der Waals surface area (Å²) in [5, 5.41) is 17.9. The van der Waals surface area contributed by atoms with Crippen molar-refractivity contribution in [1.29, 1.82) is 0 Å². The maximum atomic E-state index is 12.3. The number of aromatic nitrogens is 3. The van der Waals surface area contributed by atoms with E-state index in [1.165, 1.54) is 23.1 Å². The average Bonchev–Trinajstić information content (AvgIpc) is 3.06. The van der Waals surface area contributed by atoms with Crippen molar-refractivity contribution in [2.75, 3.05) is 5.32 Å². The van der Waals surface area contributed by atoms with E-state index in [4.69, 9.17) is 0 Å². The Morgan fingerprint density at radius 1 is 1.26 bits per heavy atom. The van der Waals surface area contributed by atoms with Crippen molar-refractivity contribution < 1.29 is 9.72 Å². The quantitative estimate of drug-likeness (QED) is 0.420. The van der Waals surface area contributed by atoms with Crippen LogP contribution in [0.3, 0.4) is 0 Å². The molecule has 138 valence electrons. The van der Waals surface area contributed by atoms with Gasteiger partial charge in [-0.1, -0.05) is 12.1 Å². The van der Waals surface area contributed by atoms with Crippen molar-refractivity contribution >= 4 is 49.1 Å². The first-order chi connectivity index (χ1) is 12.8. The Bertz CT molecular complexity index is 1010. The number of hydrogen-bond acceptors (Lipinski definition) is 5. The van der Waals surface area contributed by atoms with Gasteiger partial charge in [0.1, 0.15) is 12.9 Å². The van der Waals surface area contributed by atoms with Crippen LogP contribution >= 0.6 is 31.9 Å². The minimum atomic E-state index is -0.481. The SMILES string of the molecule is Cc1cc(Br)c(NC(=O)Cn2cnc(-c3cccc([N+](=O)[O-])c3)n2)c(Br)c1. The van der Waals surface area contributed by atoms with Crippen LogP contribution in [-0.4, -0.2) is 25.6 Å². The first kappa shape index (κ1) is 19.2. The van der Waals surface area contributed by atoms with Gasteiger partial charge in [0.2, 0.25) is 5.91 Å². The second kappa shape index (κ2) is 7.97. The largest absolute Gasteiger partial charge is 0.323 e. The first-order valence-corrected chi connectivity index (χ1v) is 9.32. The molecule has 0 bridgehead atoms. The number of nitrogens with zero attached hydrogens (tertiary/aromatic N) is 4. The molecule has 10 heteroatoms. The highest BCUT2D eigenvalue weighted by Crippen LogP contribution is 2.32. The van der Waals surface area contributed by atoms with Crippen LogP contribution in [-0.2, 0) is 11.3 Å². The van der Waals surface area contributed by atoms with Crippen LogP contribution in [0.15, 0.2) is 51.7 Å². The highest BCUT2D eigenvalue weighted by molar-refractivity contribution is 9.11. The van der Waals surface area contributed by atoms with Crippen molar-refractivity contribution in [2.24, 2.45) is 0 Å². The fourth-order valence-electron chi connectivity index (χ4n) is 2.41. The number of non-ortho nitro benzene ring substituents is 1. The minimum Gasteiger partial charge on any atom is -0.323 e. The molecule has 0 aliphatic rings. The van der Waals surface area contributed by atoms with Gasteiger partial charge in [0.15, 0.2) is 5.82 Å². The van der Waals surface area contributed by atoms with Gasteiger partial charge in [0.05, 0.1) is 10.6 Å². The number of aryl methyl sites for hydroxylation is 1. The number of nitro benzene ring substituents is 1. The van der Waals surface area contributed by atoms with Crippen LogP contribution in [0.25, 0.3) is 11.4 Å². The van der Waals surface area contributed by atoms with Crippen molar-refractivity contribution in [2.45, 2.75) is 13.5 Å². The van der Waals surface area contributed by atoms with E-state index in [-0.39, 0.29) is 18.1 Å². The maximum Gasteiger partial charge on any atom is 0.270 e. The molecule has 0 spiro atoms. The number of hydrogen-bond donors (Lipinski definition) is 1. The van der Waals surface area contributed by atoms with Gasteiger partial charge in [-0.2, -0.15) is 5.10 Å². The van der Waals surface area contributed by atoms with Crippen molar-refractivity contribution in [3.8, 4) is 11.4 Å². The topological polar surface area (TPSA) is 103 Å². The number of amides is 1. The van der Waals surface area contributed by atoms with Gasteiger partial charge in [-0.15, -0.1) is 0 Å². The van der Waals surface area contributed by atoms with Crippen LogP contribution in [0.5, 0.6) is 0 Å². The van der Waals surface area contributed by atoms with E-state index in [1.54, 1.807) is 12.1 Å². The van der Waals surface area contributed by atoms with Gasteiger partial charge in [0, 0.05) is 26.6 Å². The van der Waals surface area contributed by atoms with Crippen molar-refractivity contribution in [1.82, 2.24) is 14.8 Å². The Labute approximate surface area is 171 Å². The second-order valence-corrected chi connectivity index (χ2v) is 7.43. The molecule has 2 aromatic carbocycles. The lowest BCUT2D eigenvalue weighted by Crippen LogP contribution is -2.19. The summed E-state index contributed by atoms with van der Waals surface area (Å²) in [6.45, 7) is 1.90. The number of benzene rings is 2. The van der Waals surface area contributed by atoms with Gasteiger partial charge in [-0.3, -0.25) is 14.9 Å². The average molecular weight is 495 g/mol. The summed E-state index contributed by atoms with van der Waals surface area (Å²) in [7, 11) is 0. The zero-order valence-electron chi connectivity index (χ0n) is 14.0. The van der Waals surface area contributed by atoms with Crippen LogP contribution in [0.1, 0.15) is 5.56 Å². The second-order valence-electron chi connectivity index (χ2n) is 5.72. The smallest absolute Gasteiger partial charge is 0.270 e. The third-order valence-corrected chi connectivity index (χ3v) is 4.86. The number of rotatable bonds is 5. The zero-order valence-corrected chi connectivity index (χ0v) is 17.2. The lowest BCUT2D eigenvalue weighted by Gasteiger charge is -2.10. The molecule has 0 saturated carbocycles. The predicted molar refractivity (Wildman–Crippen MR) is 107 cm³/mol. The number of nitro groups is 1. The van der Waals surface area contributed by atoms with Crippen molar-refractivity contribution in [3.05, 3.63) is 67.3 Å². The molecule has 0 unspecified atom stereocenters. The van der Waals surface area contributed by atoms with Gasteiger partial charge < -0.3 is 5.32 Å². The van der Waals surface area contributed by atoms with Crippen LogP contribution < -0.4 is 5.32 Å². The molecule has 27 heavy (non-hydrogen) atoms. The molecule has 1 aromatic heterocycles. The number of anilines is 1. The molecule has 0 aliphatic carbocycles. The van der Waals surface area contributed by atoms with E-state index < -0.39 is 4.92 Å². The standard InChI is InChI=1S/C17H13Br2N5O3/c1-10-5-13(18)16(14(19)6-10)21-15(25)8-23-9-20-17(22-23)11-3-2-4-12(7-11)24(26)27/h2-7,9H,8H2,1H3,(H,21,25). The molecular weight excluding hydrogens is 482 g/mol. The van der Waals surface area contributed by atoms with E-state index >= 15 is 0 Å². The van der Waals surface area contributed by atoms with Crippen LogP contribution in [0, 0.1) is 17.0 Å². The van der Waals surface area contributed by atoms with E-state index in [0.717, 1.165) is 14.5 Å². The lowest BCUT2D eigenvalue weighted by molar-refractivity contribution is -0.384. The van der Waals surface area contributed by atoms with Crippen LogP contribution in [0.2, 0.25) is 0 Å². The number of halogens is 2. The molecule has 1 heterocycles. The molecule has 0 atom stereocenters. The summed E-state index contributed by atoms with van der Waals surface area (Å²) in [5.41, 5.74) is 2.14. The Morgan fingerprint density at radius 2 is 1.96 bits per heavy atom. The van der Waals surface area contributed by atoms with Gasteiger partial charge >= 0.3 is 0 Å². The summed E-state index contributed by atoms with van der Waals surface area (Å²) in [5.74, 6) is 0.0277. The van der Waals surface area contributed by atoms with E-state index in [1.807, 2.05) is 19.1 Å². The summed E-state index contributed by atoms with van der Waals surface area (Å²) < 4.78 is 2.90. The summed E-state index contributed by atoms with van der Waals surface area (Å²) in [6.07, 6.45) is 1.41. The van der Waals surface area contributed by atoms with Gasteiger partial charge in [-0.25, -0.2) is 9.67 Å². The van der Waals surface area contributed by atoms with Crippen molar-refractivity contribution in [3.63, 3.8) is 0 Å². The summed E-state index contributed by atoms with van der Waals surface area (Å²) >= 11 is 6.86. The normalized spacial score (nSPS) is 10.6. The molecule has 1 N–H and O–H groups in total. The Balaban J connectivity index is 1.73. The molecule has 3 rings (SSSR count). The molecule has 0 fully saturated rings. The fourth-order valence-corrected chi connectivity index (χ4v) is 4.02. The molecule has 0 saturated heterocycles. The lowest BCUT2D eigenvalue weighted by atomic mass is 10.2. The Hall–Kier alpha value is -2.59. The van der Waals surface area contributed by atoms with Gasteiger partial charge in [0.25, 0.3) is 5.69 Å². The minimum absolute atomic E-state index is 0.0457. The monoisotopic (exact) mass is 493 g/mol. The predicted octanol–water partition coefficient (Wildman–Crippen LogP) is 4.33. The highest BCUT2D eigenvalue weighted by Gasteiger charge is 2.13. The molecular formula is C17H13Br2N5O3. The van der Waals surface area contributed by atoms with E-state index in [2.05, 4.69) is 47.3 Å². The number of carbonyl (C=O) groups excluding carboxylic acids is 1. The Kier molecular flexibility index (Phi) is 5.66. The molecule has 8 nitrogen and oxygen atoms in total. The maximum absolute atomic E-state index is 12.3. The zero-order chi connectivity index (χ0) is 19.6. The third kappa shape index (κ3) is 4.58.